The van der Waals surface area contributed by atoms with Gasteiger partial charge in [0, 0.05) is 41.8 Å². The minimum Gasteiger partial charge on any atom is -0.368 e. The first-order valence-corrected chi connectivity index (χ1v) is 12.5. The van der Waals surface area contributed by atoms with Crippen LogP contribution in [0.4, 0.5) is 15.8 Å². The van der Waals surface area contributed by atoms with Crippen LogP contribution >= 0.6 is 23.4 Å². The molecule has 0 radical (unpaired) electrons. The maximum atomic E-state index is 13.5. The molecule has 2 aliphatic rings. The second-order valence-corrected chi connectivity index (χ2v) is 9.89. The first kappa shape index (κ1) is 23.5. The number of amides is 2. The highest BCUT2D eigenvalue weighted by Gasteiger charge is 2.32. The number of hydrogen-bond donors (Lipinski definition) is 0. The molecule has 5 rings (SSSR count). The highest BCUT2D eigenvalue weighted by molar-refractivity contribution is 8.04. The van der Waals surface area contributed by atoms with Gasteiger partial charge in [-0.2, -0.15) is 0 Å². The van der Waals surface area contributed by atoms with Crippen molar-refractivity contribution in [2.45, 2.75) is 4.90 Å². The Morgan fingerprint density at radius 3 is 2.46 bits per heavy atom. The van der Waals surface area contributed by atoms with Gasteiger partial charge in [-0.15, -0.1) is 0 Å². The van der Waals surface area contributed by atoms with Gasteiger partial charge in [0.25, 0.3) is 5.91 Å². The van der Waals surface area contributed by atoms with Crippen LogP contribution in [-0.2, 0) is 9.59 Å². The molecule has 2 heterocycles. The van der Waals surface area contributed by atoms with Crippen LogP contribution < -0.4 is 9.80 Å². The van der Waals surface area contributed by atoms with Crippen LogP contribution in [0.1, 0.15) is 5.56 Å². The number of fused-ring (bicyclic) bond motifs is 1. The predicted molar refractivity (Wildman–Crippen MR) is 139 cm³/mol. The number of piperazine rings is 1. The molecule has 5 nitrogen and oxygen atoms in total. The van der Waals surface area contributed by atoms with Gasteiger partial charge in [-0.25, -0.2) is 4.39 Å². The maximum Gasteiger partial charge on any atom is 0.265 e. The fourth-order valence-electron chi connectivity index (χ4n) is 4.27. The third kappa shape index (κ3) is 5.21. The zero-order chi connectivity index (χ0) is 24.4. The van der Waals surface area contributed by atoms with Crippen molar-refractivity contribution in [2.75, 3.05) is 42.5 Å². The molecule has 0 aromatic heterocycles. The lowest BCUT2D eigenvalue weighted by molar-refractivity contribution is -0.131. The van der Waals surface area contributed by atoms with Crippen LogP contribution in [-0.4, -0.2) is 49.4 Å². The lowest BCUT2D eigenvalue weighted by Crippen LogP contribution is -2.52. The van der Waals surface area contributed by atoms with Crippen LogP contribution in [0.15, 0.2) is 82.6 Å². The molecule has 178 valence electrons. The second-order valence-electron chi connectivity index (χ2n) is 8.37. The molecule has 1 saturated heterocycles. The van der Waals surface area contributed by atoms with Crippen molar-refractivity contribution < 1.29 is 14.0 Å². The SMILES string of the molecule is O=C(CN1C(=O)/C(=C/c2cccc(Cl)c2)Sc2ccccc21)N1CCN(c2ccc(F)cc2)CC1. The van der Waals surface area contributed by atoms with Crippen molar-refractivity contribution in [3.05, 3.63) is 94.1 Å². The van der Waals surface area contributed by atoms with Crippen LogP contribution in [0, 0.1) is 5.82 Å². The Morgan fingerprint density at radius 1 is 0.971 bits per heavy atom. The van der Waals surface area contributed by atoms with Crippen molar-refractivity contribution in [3.63, 3.8) is 0 Å². The number of para-hydroxylation sites is 1. The minimum atomic E-state index is -0.268. The highest BCUT2D eigenvalue weighted by atomic mass is 35.5. The Kier molecular flexibility index (Phi) is 6.79. The van der Waals surface area contributed by atoms with E-state index in [0.717, 1.165) is 21.8 Å². The summed E-state index contributed by atoms with van der Waals surface area (Å²) in [6.07, 6.45) is 1.81. The number of rotatable bonds is 4. The number of benzene rings is 3. The molecule has 35 heavy (non-hydrogen) atoms. The Bertz CT molecular complexity index is 1290. The molecule has 0 unspecified atom stereocenters. The molecular weight excluding hydrogens is 485 g/mol. The molecule has 1 fully saturated rings. The van der Waals surface area contributed by atoms with Crippen molar-refractivity contribution in [1.29, 1.82) is 0 Å². The van der Waals surface area contributed by atoms with Gasteiger partial charge in [-0.1, -0.05) is 47.6 Å². The average molecular weight is 508 g/mol. The molecule has 0 N–H and O–H groups in total. The van der Waals surface area contributed by atoms with E-state index in [0.29, 0.717) is 36.1 Å². The van der Waals surface area contributed by atoms with E-state index in [1.165, 1.54) is 23.9 Å². The lowest BCUT2D eigenvalue weighted by Gasteiger charge is -2.37. The molecule has 0 atom stereocenters. The molecule has 2 amide bonds. The zero-order valence-electron chi connectivity index (χ0n) is 18.9. The zero-order valence-corrected chi connectivity index (χ0v) is 20.4. The van der Waals surface area contributed by atoms with Crippen LogP contribution in [0.3, 0.4) is 0 Å². The minimum absolute atomic E-state index is 0.0279. The van der Waals surface area contributed by atoms with Crippen molar-refractivity contribution >= 4 is 52.6 Å². The molecule has 0 spiro atoms. The summed E-state index contributed by atoms with van der Waals surface area (Å²) in [7, 11) is 0. The van der Waals surface area contributed by atoms with E-state index in [-0.39, 0.29) is 24.2 Å². The van der Waals surface area contributed by atoms with Gasteiger partial charge in [0.2, 0.25) is 5.91 Å². The van der Waals surface area contributed by atoms with Crippen LogP contribution in [0.25, 0.3) is 6.08 Å². The number of anilines is 2. The first-order chi connectivity index (χ1) is 17.0. The summed E-state index contributed by atoms with van der Waals surface area (Å²) in [5, 5.41) is 0.597. The number of hydrogen-bond acceptors (Lipinski definition) is 4. The summed E-state index contributed by atoms with van der Waals surface area (Å²) in [5.41, 5.74) is 2.51. The van der Waals surface area contributed by atoms with Gasteiger partial charge in [-0.3, -0.25) is 14.5 Å². The average Bonchev–Trinajstić information content (AvgIpc) is 2.87. The summed E-state index contributed by atoms with van der Waals surface area (Å²) in [5.74, 6) is -0.566. The topological polar surface area (TPSA) is 43.9 Å². The van der Waals surface area contributed by atoms with E-state index in [9.17, 15) is 14.0 Å². The highest BCUT2D eigenvalue weighted by Crippen LogP contribution is 2.42. The Balaban J connectivity index is 1.31. The third-order valence-electron chi connectivity index (χ3n) is 6.10. The van der Waals surface area contributed by atoms with E-state index in [1.807, 2.05) is 42.5 Å². The van der Waals surface area contributed by atoms with E-state index in [2.05, 4.69) is 4.90 Å². The molecule has 3 aromatic carbocycles. The standard InChI is InChI=1S/C27H23ClFN3O2S/c28-20-5-3-4-19(16-20)17-25-27(34)32(23-6-1-2-7-24(23)35-25)18-26(33)31-14-12-30(13-15-31)22-10-8-21(29)9-11-22/h1-11,16-17H,12-15,18H2/b25-17-. The number of halogens is 2. The Hall–Kier alpha value is -3.29. The molecule has 2 aliphatic heterocycles. The summed E-state index contributed by atoms with van der Waals surface area (Å²) in [6, 6.07) is 21.3. The number of thioether (sulfide) groups is 1. The first-order valence-electron chi connectivity index (χ1n) is 11.3. The summed E-state index contributed by atoms with van der Waals surface area (Å²) in [6.45, 7) is 2.36. The Morgan fingerprint density at radius 2 is 1.71 bits per heavy atom. The monoisotopic (exact) mass is 507 g/mol. The van der Waals surface area contributed by atoms with Crippen LogP contribution in [0.5, 0.6) is 0 Å². The van der Waals surface area contributed by atoms with Gasteiger partial charge in [0.15, 0.2) is 0 Å². The van der Waals surface area contributed by atoms with E-state index < -0.39 is 0 Å². The summed E-state index contributed by atoms with van der Waals surface area (Å²) >= 11 is 7.52. The molecule has 0 aliphatic carbocycles. The maximum absolute atomic E-state index is 13.5. The van der Waals surface area contributed by atoms with E-state index in [1.54, 1.807) is 34.1 Å². The fourth-order valence-corrected chi connectivity index (χ4v) is 5.53. The normalized spacial score (nSPS) is 17.0. The fraction of sp³-hybridized carbons (Fsp3) is 0.185. The predicted octanol–water partition coefficient (Wildman–Crippen LogP) is 5.31. The van der Waals surface area contributed by atoms with Crippen molar-refractivity contribution in [1.82, 2.24) is 4.90 Å². The van der Waals surface area contributed by atoms with Crippen molar-refractivity contribution in [2.24, 2.45) is 0 Å². The molecule has 0 bridgehead atoms. The van der Waals surface area contributed by atoms with Gasteiger partial charge in [-0.05, 0) is 60.2 Å². The van der Waals surface area contributed by atoms with E-state index >= 15 is 0 Å². The van der Waals surface area contributed by atoms with Gasteiger partial charge < -0.3 is 9.80 Å². The number of carbonyl (C=O) groups excluding carboxylic acids is 2. The third-order valence-corrected chi connectivity index (χ3v) is 7.41. The smallest absolute Gasteiger partial charge is 0.265 e. The Labute approximate surface area is 212 Å². The summed E-state index contributed by atoms with van der Waals surface area (Å²) in [4.78, 5) is 33.6. The number of nitrogens with zero attached hydrogens (tertiary/aromatic N) is 3. The second kappa shape index (κ2) is 10.1. The molecular formula is C27H23ClFN3O2S. The number of carbonyl (C=O) groups is 2. The quantitative estimate of drug-likeness (QED) is 0.449. The van der Waals surface area contributed by atoms with Crippen LogP contribution in [0.2, 0.25) is 5.02 Å². The van der Waals surface area contributed by atoms with Gasteiger partial charge in [0.1, 0.15) is 12.4 Å². The molecule has 3 aromatic rings. The lowest BCUT2D eigenvalue weighted by atomic mass is 10.2. The molecule has 8 heteroatoms. The summed E-state index contributed by atoms with van der Waals surface area (Å²) < 4.78 is 13.2. The molecule has 0 saturated carbocycles. The van der Waals surface area contributed by atoms with Crippen molar-refractivity contribution in [3.8, 4) is 0 Å². The largest absolute Gasteiger partial charge is 0.368 e. The van der Waals surface area contributed by atoms with E-state index in [4.69, 9.17) is 11.6 Å². The van der Waals surface area contributed by atoms with Gasteiger partial charge in [0.05, 0.1) is 10.6 Å². The van der Waals surface area contributed by atoms with Gasteiger partial charge >= 0.3 is 0 Å².